The van der Waals surface area contributed by atoms with E-state index in [9.17, 15) is 18.0 Å². The van der Waals surface area contributed by atoms with Gasteiger partial charge in [-0.25, -0.2) is 9.31 Å². The van der Waals surface area contributed by atoms with Crippen molar-refractivity contribution in [2.45, 2.75) is 19.1 Å². The number of alkyl halides is 3. The highest BCUT2D eigenvalue weighted by Crippen LogP contribution is 2.30. The molecule has 0 saturated carbocycles. The maximum atomic E-state index is 12.8. The highest BCUT2D eigenvalue weighted by atomic mass is 19.4. The Morgan fingerprint density at radius 1 is 0.944 bits per heavy atom. The molecule has 36 heavy (non-hydrogen) atoms. The van der Waals surface area contributed by atoms with Crippen LogP contribution in [0.1, 0.15) is 24.1 Å². The maximum Gasteiger partial charge on any atom is 0.416 e. The monoisotopic (exact) mass is 497 g/mol. The number of nitrogens with zero attached hydrogens (tertiary/aromatic N) is 6. The van der Waals surface area contributed by atoms with Gasteiger partial charge in [-0.05, 0) is 30.7 Å². The second kappa shape index (κ2) is 9.21. The number of hydrogen-bond donors (Lipinski definition) is 1. The molecule has 0 aliphatic carbocycles. The predicted octanol–water partition coefficient (Wildman–Crippen LogP) is 4.35. The largest absolute Gasteiger partial charge is 0.416 e. The number of urea groups is 1. The Hall–Kier alpha value is -4.02. The van der Waals surface area contributed by atoms with Gasteiger partial charge in [-0.1, -0.05) is 18.2 Å². The van der Waals surface area contributed by atoms with Crippen molar-refractivity contribution in [1.29, 1.82) is 0 Å². The first kappa shape index (κ1) is 23.7. The molecule has 2 amide bonds. The highest BCUT2D eigenvalue weighted by Gasteiger charge is 2.30. The molecule has 1 aliphatic heterocycles. The summed E-state index contributed by atoms with van der Waals surface area (Å²) < 4.78 is 42.0. The quantitative estimate of drug-likeness (QED) is 0.455. The third-order valence-electron chi connectivity index (χ3n) is 6.52. The standard InChI is InChI=1S/C25H26F3N7O/c1-17(18-3-6-21(7-4-18)25(26,27)28)31-24(36)34-11-9-33(10-12-34)23-14-30-35-16-19(5-8-22(23)35)20-13-29-32(2)15-20/h3-8,13-17H,9-12H2,1-2H3,(H,31,36). The van der Waals surface area contributed by atoms with Crippen LogP contribution < -0.4 is 10.2 Å². The van der Waals surface area contributed by atoms with Crippen LogP contribution in [0.4, 0.5) is 23.7 Å². The lowest BCUT2D eigenvalue weighted by molar-refractivity contribution is -0.137. The number of hydrogen-bond acceptors (Lipinski definition) is 4. The van der Waals surface area contributed by atoms with Crippen molar-refractivity contribution < 1.29 is 18.0 Å². The van der Waals surface area contributed by atoms with E-state index in [1.54, 1.807) is 16.5 Å². The van der Waals surface area contributed by atoms with E-state index >= 15 is 0 Å². The third kappa shape index (κ3) is 4.73. The van der Waals surface area contributed by atoms with Crippen molar-refractivity contribution in [3.05, 3.63) is 72.3 Å². The van der Waals surface area contributed by atoms with Crippen LogP contribution in [0.5, 0.6) is 0 Å². The molecule has 5 rings (SSSR count). The van der Waals surface area contributed by atoms with Crippen molar-refractivity contribution in [2.75, 3.05) is 31.1 Å². The van der Waals surface area contributed by atoms with Gasteiger partial charge in [0.2, 0.25) is 0 Å². The second-order valence-electron chi connectivity index (χ2n) is 8.95. The van der Waals surface area contributed by atoms with Gasteiger partial charge in [-0.2, -0.15) is 23.4 Å². The number of fused-ring (bicyclic) bond motifs is 1. The maximum absolute atomic E-state index is 12.8. The van der Waals surface area contributed by atoms with Gasteiger partial charge >= 0.3 is 12.2 Å². The zero-order chi connectivity index (χ0) is 25.4. The molecule has 1 atom stereocenters. The molecule has 1 aliphatic rings. The first-order valence-corrected chi connectivity index (χ1v) is 11.6. The van der Waals surface area contributed by atoms with Gasteiger partial charge in [-0.3, -0.25) is 4.68 Å². The summed E-state index contributed by atoms with van der Waals surface area (Å²) in [5.41, 5.74) is 3.94. The van der Waals surface area contributed by atoms with Crippen molar-refractivity contribution in [2.24, 2.45) is 7.05 Å². The lowest BCUT2D eigenvalue weighted by Gasteiger charge is -2.36. The van der Waals surface area contributed by atoms with Crippen LogP contribution in [0.3, 0.4) is 0 Å². The number of carbonyl (C=O) groups is 1. The Bertz CT molecular complexity index is 1370. The van der Waals surface area contributed by atoms with Gasteiger partial charge in [0, 0.05) is 56.7 Å². The van der Waals surface area contributed by atoms with Crippen LogP contribution in [0.25, 0.3) is 16.6 Å². The summed E-state index contributed by atoms with van der Waals surface area (Å²) in [5, 5.41) is 11.6. The molecule has 1 saturated heterocycles. The van der Waals surface area contributed by atoms with Crippen LogP contribution in [-0.2, 0) is 13.2 Å². The molecular formula is C25H26F3N7O. The van der Waals surface area contributed by atoms with E-state index in [0.717, 1.165) is 34.5 Å². The SMILES string of the molecule is CC(NC(=O)N1CCN(c2cnn3cc(-c4cnn(C)c4)ccc23)CC1)c1ccc(C(F)(F)F)cc1. The van der Waals surface area contributed by atoms with Crippen molar-refractivity contribution >= 4 is 17.2 Å². The number of benzene rings is 1. The lowest BCUT2D eigenvalue weighted by Crippen LogP contribution is -2.52. The average Bonchev–Trinajstić information content (AvgIpc) is 3.49. The molecule has 0 bridgehead atoms. The number of halogens is 3. The molecule has 3 aromatic heterocycles. The zero-order valence-electron chi connectivity index (χ0n) is 19.9. The van der Waals surface area contributed by atoms with Crippen molar-refractivity contribution in [1.82, 2.24) is 29.6 Å². The van der Waals surface area contributed by atoms with E-state index in [-0.39, 0.29) is 6.03 Å². The van der Waals surface area contributed by atoms with Gasteiger partial charge in [0.15, 0.2) is 0 Å². The second-order valence-corrected chi connectivity index (χ2v) is 8.95. The van der Waals surface area contributed by atoms with Crippen LogP contribution in [0, 0.1) is 0 Å². The van der Waals surface area contributed by atoms with Crippen LogP contribution in [-0.4, -0.2) is 56.5 Å². The van der Waals surface area contributed by atoms with Crippen molar-refractivity contribution in [3.63, 3.8) is 0 Å². The summed E-state index contributed by atoms with van der Waals surface area (Å²) in [4.78, 5) is 16.7. The summed E-state index contributed by atoms with van der Waals surface area (Å²) in [6.45, 7) is 4.10. The summed E-state index contributed by atoms with van der Waals surface area (Å²) >= 11 is 0. The number of aryl methyl sites for hydroxylation is 1. The molecule has 1 N–H and O–H groups in total. The molecule has 0 spiro atoms. The summed E-state index contributed by atoms with van der Waals surface area (Å²) in [6.07, 6.45) is 3.20. The van der Waals surface area contributed by atoms with Crippen LogP contribution >= 0.6 is 0 Å². The fourth-order valence-electron chi connectivity index (χ4n) is 4.43. The fraction of sp³-hybridized carbons (Fsp3) is 0.320. The van der Waals surface area contributed by atoms with Crippen molar-refractivity contribution in [3.8, 4) is 11.1 Å². The molecule has 1 fully saturated rings. The normalized spacial score (nSPS) is 15.4. The Balaban J connectivity index is 1.19. The summed E-state index contributed by atoms with van der Waals surface area (Å²) in [5.74, 6) is 0. The minimum atomic E-state index is -4.38. The number of amides is 2. The van der Waals surface area contributed by atoms with Gasteiger partial charge in [0.25, 0.3) is 0 Å². The molecule has 8 nitrogen and oxygen atoms in total. The number of anilines is 1. The number of rotatable bonds is 4. The number of carbonyl (C=O) groups excluding carboxylic acids is 1. The number of nitrogens with one attached hydrogen (secondary N) is 1. The first-order chi connectivity index (χ1) is 17.2. The smallest absolute Gasteiger partial charge is 0.365 e. The minimum Gasteiger partial charge on any atom is -0.365 e. The number of aromatic nitrogens is 4. The highest BCUT2D eigenvalue weighted by molar-refractivity contribution is 5.77. The van der Waals surface area contributed by atoms with E-state index < -0.39 is 17.8 Å². The van der Waals surface area contributed by atoms with E-state index in [0.29, 0.717) is 31.7 Å². The van der Waals surface area contributed by atoms with Gasteiger partial charge in [0.1, 0.15) is 0 Å². The van der Waals surface area contributed by atoms with E-state index in [1.165, 1.54) is 12.1 Å². The molecule has 188 valence electrons. The van der Waals surface area contributed by atoms with Crippen LogP contribution in [0.2, 0.25) is 0 Å². The summed E-state index contributed by atoms with van der Waals surface area (Å²) in [6, 6.07) is 8.31. The van der Waals surface area contributed by atoms with Crippen LogP contribution in [0.15, 0.2) is 61.2 Å². The van der Waals surface area contributed by atoms with E-state index in [1.807, 2.05) is 48.5 Å². The fourth-order valence-corrected chi connectivity index (χ4v) is 4.43. The zero-order valence-corrected chi connectivity index (χ0v) is 19.9. The van der Waals surface area contributed by atoms with Gasteiger partial charge in [-0.15, -0.1) is 0 Å². The topological polar surface area (TPSA) is 70.7 Å². The van der Waals surface area contributed by atoms with Gasteiger partial charge < -0.3 is 15.1 Å². The van der Waals surface area contributed by atoms with E-state index in [4.69, 9.17) is 0 Å². The Morgan fingerprint density at radius 2 is 1.67 bits per heavy atom. The predicted molar refractivity (Wildman–Crippen MR) is 130 cm³/mol. The first-order valence-electron chi connectivity index (χ1n) is 11.6. The number of piperazine rings is 1. The minimum absolute atomic E-state index is 0.233. The van der Waals surface area contributed by atoms with Gasteiger partial charge in [0.05, 0.1) is 35.2 Å². The Morgan fingerprint density at radius 3 is 2.31 bits per heavy atom. The molecule has 1 unspecified atom stereocenters. The molecule has 4 heterocycles. The average molecular weight is 498 g/mol. The summed E-state index contributed by atoms with van der Waals surface area (Å²) in [7, 11) is 1.88. The molecular weight excluding hydrogens is 471 g/mol. The number of pyridine rings is 1. The molecule has 1 aromatic carbocycles. The lowest BCUT2D eigenvalue weighted by atomic mass is 10.1. The molecule has 4 aromatic rings. The molecule has 11 heteroatoms. The third-order valence-corrected chi connectivity index (χ3v) is 6.52. The Kier molecular flexibility index (Phi) is 6.07. The van der Waals surface area contributed by atoms with E-state index in [2.05, 4.69) is 20.4 Å². The Labute approximate surface area is 205 Å². The molecule has 0 radical (unpaired) electrons.